The maximum Gasteiger partial charge on any atom is 0.231 e. The third kappa shape index (κ3) is 1.87. The average Bonchev–Trinajstić information content (AvgIpc) is 3.29. The summed E-state index contributed by atoms with van der Waals surface area (Å²) in [6.07, 6.45) is 0.0676. The first-order chi connectivity index (χ1) is 13.1. The van der Waals surface area contributed by atoms with E-state index in [1.807, 2.05) is 12.1 Å². The Hall–Kier alpha value is -2.44. The molecule has 2 aromatic carbocycles. The largest absolute Gasteiger partial charge is 0.454 e. The molecule has 6 nitrogen and oxygen atoms in total. The molecule has 0 saturated carbocycles. The Bertz CT molecular complexity index is 974. The van der Waals surface area contributed by atoms with Gasteiger partial charge >= 0.3 is 0 Å². The van der Waals surface area contributed by atoms with E-state index < -0.39 is 11.5 Å². The zero-order valence-corrected chi connectivity index (χ0v) is 15.3. The van der Waals surface area contributed by atoms with Crippen molar-refractivity contribution in [1.82, 2.24) is 4.90 Å². The molecule has 1 N–H and O–H groups in total. The van der Waals surface area contributed by atoms with Gasteiger partial charge in [0.1, 0.15) is 0 Å². The predicted molar refractivity (Wildman–Crippen MR) is 96.4 cm³/mol. The molecule has 27 heavy (non-hydrogen) atoms. The van der Waals surface area contributed by atoms with E-state index in [4.69, 9.17) is 18.9 Å². The molecule has 0 amide bonds. The van der Waals surface area contributed by atoms with Crippen LogP contribution in [0.2, 0.25) is 0 Å². The zero-order valence-electron chi connectivity index (χ0n) is 15.3. The minimum atomic E-state index is -0.516. The molecule has 0 radical (unpaired) electrons. The van der Waals surface area contributed by atoms with E-state index in [1.165, 1.54) is 5.56 Å². The van der Waals surface area contributed by atoms with Gasteiger partial charge in [-0.3, -0.25) is 4.90 Å². The Labute approximate surface area is 157 Å². The summed E-state index contributed by atoms with van der Waals surface area (Å²) in [6.45, 7) is 3.41. The first kappa shape index (κ1) is 15.6. The van der Waals surface area contributed by atoms with Crippen molar-refractivity contribution in [3.05, 3.63) is 46.5 Å². The van der Waals surface area contributed by atoms with Gasteiger partial charge in [-0.25, -0.2) is 0 Å². The molecular weight excluding hydrogens is 346 g/mol. The number of nitrogens with zero attached hydrogens (tertiary/aromatic N) is 1. The van der Waals surface area contributed by atoms with Gasteiger partial charge in [0.15, 0.2) is 23.0 Å². The van der Waals surface area contributed by atoms with Gasteiger partial charge in [-0.1, -0.05) is 13.0 Å². The fourth-order valence-corrected chi connectivity index (χ4v) is 5.41. The maximum absolute atomic E-state index is 11.3. The summed E-state index contributed by atoms with van der Waals surface area (Å²) in [6, 6.07) is 8.24. The van der Waals surface area contributed by atoms with Crippen LogP contribution in [-0.4, -0.2) is 36.7 Å². The van der Waals surface area contributed by atoms with Gasteiger partial charge in [0.2, 0.25) is 13.6 Å². The molecule has 0 bridgehead atoms. The number of fused-ring (bicyclic) bond motifs is 8. The van der Waals surface area contributed by atoms with Crippen molar-refractivity contribution in [2.75, 3.05) is 20.6 Å². The molecule has 0 spiro atoms. The lowest BCUT2D eigenvalue weighted by Crippen LogP contribution is -2.55. The van der Waals surface area contributed by atoms with Gasteiger partial charge in [-0.05, 0) is 48.4 Å². The second kappa shape index (κ2) is 5.09. The molecule has 1 aliphatic carbocycles. The summed E-state index contributed by atoms with van der Waals surface area (Å²) in [5.74, 6) is 3.17. The van der Waals surface area contributed by atoms with Crippen molar-refractivity contribution in [3.63, 3.8) is 0 Å². The molecule has 6 rings (SSSR count). The van der Waals surface area contributed by atoms with Crippen LogP contribution < -0.4 is 18.9 Å². The topological polar surface area (TPSA) is 60.4 Å². The number of hydrogen-bond acceptors (Lipinski definition) is 6. The SMILES string of the molecule is CN1Cc2c(ccc3c2OCO3)[C@@]2(C)C(O)Cc3cc4c(cc3[C@@H]12)OCO4. The van der Waals surface area contributed by atoms with Crippen LogP contribution in [0.15, 0.2) is 24.3 Å². The van der Waals surface area contributed by atoms with Gasteiger partial charge in [0, 0.05) is 23.6 Å². The number of likely N-dealkylation sites (N-methyl/N-ethyl adjacent to an activating group) is 1. The van der Waals surface area contributed by atoms with E-state index in [0.717, 1.165) is 46.2 Å². The summed E-state index contributed by atoms with van der Waals surface area (Å²) in [5.41, 5.74) is 4.15. The van der Waals surface area contributed by atoms with Crippen LogP contribution in [0.4, 0.5) is 0 Å². The van der Waals surface area contributed by atoms with Gasteiger partial charge in [0.25, 0.3) is 0 Å². The third-order valence-electron chi connectivity index (χ3n) is 6.67. The van der Waals surface area contributed by atoms with Crippen LogP contribution in [0, 0.1) is 0 Å². The second-order valence-corrected chi connectivity index (χ2v) is 8.05. The van der Waals surface area contributed by atoms with Gasteiger partial charge in [-0.2, -0.15) is 0 Å². The highest BCUT2D eigenvalue weighted by Crippen LogP contribution is 2.57. The minimum absolute atomic E-state index is 0.0404. The first-order valence-corrected chi connectivity index (χ1v) is 9.30. The number of benzene rings is 2. The van der Waals surface area contributed by atoms with E-state index >= 15 is 0 Å². The van der Waals surface area contributed by atoms with Crippen molar-refractivity contribution in [2.45, 2.75) is 37.5 Å². The summed E-state index contributed by atoms with van der Waals surface area (Å²) >= 11 is 0. The van der Waals surface area contributed by atoms with Crippen LogP contribution in [0.1, 0.15) is 35.2 Å². The van der Waals surface area contributed by atoms with Crippen molar-refractivity contribution in [3.8, 4) is 23.0 Å². The van der Waals surface area contributed by atoms with Crippen molar-refractivity contribution in [1.29, 1.82) is 0 Å². The lowest BCUT2D eigenvalue weighted by Gasteiger charge is -2.53. The van der Waals surface area contributed by atoms with Crippen LogP contribution in [0.5, 0.6) is 23.0 Å². The number of aliphatic hydroxyl groups is 1. The van der Waals surface area contributed by atoms with E-state index in [-0.39, 0.29) is 19.6 Å². The monoisotopic (exact) mass is 367 g/mol. The summed E-state index contributed by atoms with van der Waals surface area (Å²) < 4.78 is 22.5. The van der Waals surface area contributed by atoms with E-state index in [9.17, 15) is 5.11 Å². The number of rotatable bonds is 0. The van der Waals surface area contributed by atoms with Crippen molar-refractivity contribution < 1.29 is 24.1 Å². The highest BCUT2D eigenvalue weighted by molar-refractivity contribution is 5.59. The van der Waals surface area contributed by atoms with Gasteiger partial charge in [-0.15, -0.1) is 0 Å². The molecule has 140 valence electrons. The summed E-state index contributed by atoms with van der Waals surface area (Å²) in [4.78, 5) is 2.30. The molecular formula is C21H21NO5. The fraction of sp³-hybridized carbons (Fsp3) is 0.429. The fourth-order valence-electron chi connectivity index (χ4n) is 5.41. The smallest absolute Gasteiger partial charge is 0.231 e. The Morgan fingerprint density at radius 2 is 1.78 bits per heavy atom. The lowest BCUT2D eigenvalue weighted by molar-refractivity contribution is -0.000315. The Kier molecular flexibility index (Phi) is 2.94. The molecule has 0 fully saturated rings. The Balaban J connectivity index is 1.58. The summed E-state index contributed by atoms with van der Waals surface area (Å²) in [7, 11) is 2.10. The molecule has 3 aliphatic heterocycles. The van der Waals surface area contributed by atoms with Gasteiger partial charge in [0.05, 0.1) is 6.10 Å². The molecule has 0 aromatic heterocycles. The molecule has 1 unspecified atom stereocenters. The molecule has 3 atom stereocenters. The second-order valence-electron chi connectivity index (χ2n) is 8.05. The Morgan fingerprint density at radius 1 is 1.04 bits per heavy atom. The third-order valence-corrected chi connectivity index (χ3v) is 6.67. The Morgan fingerprint density at radius 3 is 2.63 bits per heavy atom. The quantitative estimate of drug-likeness (QED) is 0.772. The minimum Gasteiger partial charge on any atom is -0.454 e. The van der Waals surface area contributed by atoms with Crippen LogP contribution in [0.25, 0.3) is 0 Å². The number of hydrogen-bond donors (Lipinski definition) is 1. The first-order valence-electron chi connectivity index (χ1n) is 9.30. The maximum atomic E-state index is 11.3. The van der Waals surface area contributed by atoms with Gasteiger partial charge < -0.3 is 24.1 Å². The molecule has 6 heteroatoms. The number of aliphatic hydroxyl groups excluding tert-OH is 1. The highest BCUT2D eigenvalue weighted by atomic mass is 16.7. The predicted octanol–water partition coefficient (Wildman–Crippen LogP) is 2.51. The van der Waals surface area contributed by atoms with Crippen LogP contribution in [0.3, 0.4) is 0 Å². The standard InChI is InChI=1S/C21H21NO5/c1-21-14-3-4-15-19(27-10-24-15)13(14)8-22(2)20(21)12-7-17-16(25-9-26-17)5-11(12)6-18(21)23/h3-5,7,18,20,23H,6,8-10H2,1-2H3/t18?,20-,21+/m1/s1. The molecule has 2 aromatic rings. The molecule has 4 aliphatic rings. The molecule has 3 heterocycles. The normalized spacial score (nSPS) is 29.9. The highest BCUT2D eigenvalue weighted by Gasteiger charge is 2.53. The van der Waals surface area contributed by atoms with Crippen LogP contribution >= 0.6 is 0 Å². The van der Waals surface area contributed by atoms with E-state index in [1.54, 1.807) is 0 Å². The van der Waals surface area contributed by atoms with Crippen LogP contribution in [-0.2, 0) is 18.4 Å². The van der Waals surface area contributed by atoms with E-state index in [2.05, 4.69) is 31.0 Å². The lowest BCUT2D eigenvalue weighted by atomic mass is 9.60. The summed E-state index contributed by atoms with van der Waals surface area (Å²) in [5, 5.41) is 11.3. The number of ether oxygens (including phenoxy) is 4. The van der Waals surface area contributed by atoms with Crippen molar-refractivity contribution in [2.24, 2.45) is 0 Å². The van der Waals surface area contributed by atoms with Crippen molar-refractivity contribution >= 4 is 0 Å². The van der Waals surface area contributed by atoms with E-state index in [0.29, 0.717) is 6.42 Å². The zero-order chi connectivity index (χ0) is 18.3. The molecule has 0 saturated heterocycles. The average molecular weight is 367 g/mol.